The van der Waals surface area contributed by atoms with E-state index in [2.05, 4.69) is 19.2 Å². The van der Waals surface area contributed by atoms with Gasteiger partial charge in [-0.1, -0.05) is 37.6 Å². The highest BCUT2D eigenvalue weighted by Gasteiger charge is 2.11. The number of hydrogen-bond donors (Lipinski definition) is 1. The average Bonchev–Trinajstić information content (AvgIpc) is 2.44. The van der Waals surface area contributed by atoms with Gasteiger partial charge in [0.05, 0.1) is 0 Å². The molecule has 0 aliphatic rings. The minimum atomic E-state index is -0.367. The van der Waals surface area contributed by atoms with E-state index in [1.165, 1.54) is 6.07 Å². The van der Waals surface area contributed by atoms with E-state index in [1.54, 1.807) is 30.3 Å². The van der Waals surface area contributed by atoms with Crippen molar-refractivity contribution in [2.45, 2.75) is 20.4 Å². The van der Waals surface area contributed by atoms with E-state index in [1.807, 2.05) is 6.07 Å². The maximum atomic E-state index is 14.0. The first-order chi connectivity index (χ1) is 10.1. The fourth-order valence-corrected chi connectivity index (χ4v) is 2.05. The third-order valence-electron chi connectivity index (χ3n) is 2.95. The second kappa shape index (κ2) is 7.43. The van der Waals surface area contributed by atoms with Gasteiger partial charge in [-0.15, -0.1) is 0 Å². The molecule has 21 heavy (non-hydrogen) atoms. The maximum absolute atomic E-state index is 14.0. The second-order valence-corrected chi connectivity index (χ2v) is 5.75. The predicted molar refractivity (Wildman–Crippen MR) is 84.5 cm³/mol. The second-order valence-electron chi connectivity index (χ2n) is 5.31. The Hall–Kier alpha value is -1.58. The summed E-state index contributed by atoms with van der Waals surface area (Å²) in [6, 6.07) is 11.8. The van der Waals surface area contributed by atoms with E-state index in [-0.39, 0.29) is 11.6 Å². The summed E-state index contributed by atoms with van der Waals surface area (Å²) in [4.78, 5) is 0. The fraction of sp³-hybridized carbons (Fsp3) is 0.294. The van der Waals surface area contributed by atoms with Gasteiger partial charge in [0.2, 0.25) is 0 Å². The van der Waals surface area contributed by atoms with Crippen LogP contribution in [0.25, 0.3) is 0 Å². The van der Waals surface area contributed by atoms with Crippen molar-refractivity contribution >= 4 is 11.6 Å². The molecule has 112 valence electrons. The summed E-state index contributed by atoms with van der Waals surface area (Å²) in [5.74, 6) is 0.999. The van der Waals surface area contributed by atoms with Crippen LogP contribution in [0.2, 0.25) is 5.02 Å². The van der Waals surface area contributed by atoms with Gasteiger partial charge in [-0.2, -0.15) is 0 Å². The standard InChI is InChI=1S/C17H19ClFNO/c1-12(2)10-20-11-13-4-3-5-16(19)17(13)21-15-8-6-14(18)7-9-15/h3-9,12,20H,10-11H2,1-2H3. The van der Waals surface area contributed by atoms with Crippen LogP contribution in [0.4, 0.5) is 4.39 Å². The summed E-state index contributed by atoms with van der Waals surface area (Å²) < 4.78 is 19.7. The molecule has 0 bridgehead atoms. The first-order valence-corrected chi connectivity index (χ1v) is 7.35. The summed E-state index contributed by atoms with van der Waals surface area (Å²) in [7, 11) is 0. The third kappa shape index (κ3) is 4.73. The smallest absolute Gasteiger partial charge is 0.167 e. The maximum Gasteiger partial charge on any atom is 0.167 e. The Morgan fingerprint density at radius 2 is 1.86 bits per heavy atom. The minimum Gasteiger partial charge on any atom is -0.454 e. The topological polar surface area (TPSA) is 21.3 Å². The lowest BCUT2D eigenvalue weighted by molar-refractivity contribution is 0.432. The molecule has 2 rings (SSSR count). The van der Waals surface area contributed by atoms with Crippen molar-refractivity contribution in [1.82, 2.24) is 5.32 Å². The van der Waals surface area contributed by atoms with Gasteiger partial charge in [0.1, 0.15) is 5.75 Å². The number of para-hydroxylation sites is 1. The monoisotopic (exact) mass is 307 g/mol. The summed E-state index contributed by atoms with van der Waals surface area (Å²) in [5.41, 5.74) is 0.797. The molecule has 2 nitrogen and oxygen atoms in total. The molecule has 0 aliphatic carbocycles. The number of ether oxygens (including phenoxy) is 1. The molecular formula is C17H19ClFNO. The first-order valence-electron chi connectivity index (χ1n) is 6.98. The van der Waals surface area contributed by atoms with Crippen molar-refractivity contribution in [2.75, 3.05) is 6.54 Å². The highest BCUT2D eigenvalue weighted by molar-refractivity contribution is 6.30. The quantitative estimate of drug-likeness (QED) is 0.809. The Balaban J connectivity index is 2.15. The van der Waals surface area contributed by atoms with Crippen molar-refractivity contribution < 1.29 is 9.13 Å². The molecule has 0 spiro atoms. The van der Waals surface area contributed by atoms with Gasteiger partial charge in [0.15, 0.2) is 11.6 Å². The van der Waals surface area contributed by atoms with Gasteiger partial charge >= 0.3 is 0 Å². The number of nitrogens with one attached hydrogen (secondary N) is 1. The van der Waals surface area contributed by atoms with Crippen molar-refractivity contribution in [3.63, 3.8) is 0 Å². The van der Waals surface area contributed by atoms with Gasteiger partial charge in [-0.3, -0.25) is 0 Å². The molecule has 0 saturated heterocycles. The Labute approximate surface area is 129 Å². The summed E-state index contributed by atoms with van der Waals surface area (Å²) in [6.45, 7) is 5.70. The molecule has 0 aromatic heterocycles. The van der Waals surface area contributed by atoms with Crippen LogP contribution in [0.5, 0.6) is 11.5 Å². The van der Waals surface area contributed by atoms with Crippen molar-refractivity contribution in [2.24, 2.45) is 5.92 Å². The number of rotatable bonds is 6. The SMILES string of the molecule is CC(C)CNCc1cccc(F)c1Oc1ccc(Cl)cc1. The zero-order valence-electron chi connectivity index (χ0n) is 12.2. The Bertz CT molecular complexity index is 584. The molecule has 0 unspecified atom stereocenters. The lowest BCUT2D eigenvalue weighted by Crippen LogP contribution is -2.19. The van der Waals surface area contributed by atoms with E-state index in [0.717, 1.165) is 12.1 Å². The van der Waals surface area contributed by atoms with E-state index in [4.69, 9.17) is 16.3 Å². The zero-order chi connectivity index (χ0) is 15.2. The third-order valence-corrected chi connectivity index (χ3v) is 3.20. The highest BCUT2D eigenvalue weighted by Crippen LogP contribution is 2.29. The van der Waals surface area contributed by atoms with E-state index in [9.17, 15) is 4.39 Å². The highest BCUT2D eigenvalue weighted by atomic mass is 35.5. The lowest BCUT2D eigenvalue weighted by atomic mass is 10.1. The van der Waals surface area contributed by atoms with Gasteiger partial charge in [0, 0.05) is 17.1 Å². The van der Waals surface area contributed by atoms with Crippen LogP contribution < -0.4 is 10.1 Å². The van der Waals surface area contributed by atoms with Crippen LogP contribution in [0.1, 0.15) is 19.4 Å². The zero-order valence-corrected chi connectivity index (χ0v) is 13.0. The number of hydrogen-bond acceptors (Lipinski definition) is 2. The first kappa shape index (κ1) is 15.8. The fourth-order valence-electron chi connectivity index (χ4n) is 1.92. The predicted octanol–water partition coefficient (Wildman–Crippen LogP) is 5.02. The van der Waals surface area contributed by atoms with Gasteiger partial charge < -0.3 is 10.1 Å². The molecule has 2 aromatic carbocycles. The van der Waals surface area contributed by atoms with Gasteiger partial charge in [-0.25, -0.2) is 4.39 Å². The molecule has 0 amide bonds. The molecule has 0 aliphatic heterocycles. The van der Waals surface area contributed by atoms with Crippen molar-refractivity contribution in [3.8, 4) is 11.5 Å². The van der Waals surface area contributed by atoms with Crippen LogP contribution >= 0.6 is 11.6 Å². The van der Waals surface area contributed by atoms with E-state index >= 15 is 0 Å². The molecule has 0 fully saturated rings. The van der Waals surface area contributed by atoms with Crippen LogP contribution in [0.15, 0.2) is 42.5 Å². The molecular weight excluding hydrogens is 289 g/mol. The van der Waals surface area contributed by atoms with Crippen LogP contribution in [-0.2, 0) is 6.54 Å². The summed E-state index contributed by atoms with van der Waals surface area (Å²) in [6.07, 6.45) is 0. The largest absolute Gasteiger partial charge is 0.454 e. The van der Waals surface area contributed by atoms with Crippen LogP contribution in [0, 0.1) is 11.7 Å². The molecule has 2 aromatic rings. The van der Waals surface area contributed by atoms with Gasteiger partial charge in [-0.05, 0) is 42.8 Å². The van der Waals surface area contributed by atoms with Crippen LogP contribution in [-0.4, -0.2) is 6.54 Å². The van der Waals surface area contributed by atoms with Crippen molar-refractivity contribution in [1.29, 1.82) is 0 Å². The Morgan fingerprint density at radius 3 is 2.52 bits per heavy atom. The molecule has 0 saturated carbocycles. The number of benzene rings is 2. The van der Waals surface area contributed by atoms with Crippen molar-refractivity contribution in [3.05, 3.63) is 58.9 Å². The minimum absolute atomic E-state index is 0.260. The normalized spacial score (nSPS) is 10.9. The average molecular weight is 308 g/mol. The van der Waals surface area contributed by atoms with E-state index in [0.29, 0.717) is 23.2 Å². The molecule has 4 heteroatoms. The Morgan fingerprint density at radius 1 is 1.14 bits per heavy atom. The molecule has 0 heterocycles. The summed E-state index contributed by atoms with van der Waals surface area (Å²) in [5, 5.41) is 3.92. The molecule has 1 N–H and O–H groups in total. The molecule has 0 radical (unpaired) electrons. The van der Waals surface area contributed by atoms with Gasteiger partial charge in [0.25, 0.3) is 0 Å². The van der Waals surface area contributed by atoms with Crippen LogP contribution in [0.3, 0.4) is 0 Å². The number of halogens is 2. The molecule has 0 atom stereocenters. The Kier molecular flexibility index (Phi) is 5.59. The van der Waals surface area contributed by atoms with E-state index < -0.39 is 0 Å². The summed E-state index contributed by atoms with van der Waals surface area (Å²) >= 11 is 5.84. The lowest BCUT2D eigenvalue weighted by Gasteiger charge is -2.13.